The molecule has 3 rings (SSSR count). The fourth-order valence-electron chi connectivity index (χ4n) is 3.02. The molecule has 1 heterocycles. The van der Waals surface area contributed by atoms with Crippen LogP contribution in [0.1, 0.15) is 23.5 Å². The van der Waals surface area contributed by atoms with Gasteiger partial charge in [0.15, 0.2) is 0 Å². The maximum atomic E-state index is 6.20. The van der Waals surface area contributed by atoms with Gasteiger partial charge in [0.1, 0.15) is 5.75 Å². The number of ether oxygens (including phenoxy) is 2. The second-order valence-electron chi connectivity index (χ2n) is 5.85. The first-order valence-electron chi connectivity index (χ1n) is 7.97. The standard InChI is InChI=1S/C19H22ClNO2/c1-22-17-8-2-14(3-9-17)13-23-19-12-21-11-10-18(19)15-4-6-16(20)7-5-15/h2-9,18-19,21H,10-13H2,1H3/t18?,19-/m0/s1. The van der Waals surface area contributed by atoms with Gasteiger partial charge in [0.2, 0.25) is 0 Å². The molecule has 2 aromatic rings. The third-order valence-electron chi connectivity index (χ3n) is 4.35. The highest BCUT2D eigenvalue weighted by atomic mass is 35.5. The van der Waals surface area contributed by atoms with Crippen molar-refractivity contribution in [2.75, 3.05) is 20.2 Å². The molecule has 0 bridgehead atoms. The summed E-state index contributed by atoms with van der Waals surface area (Å²) in [4.78, 5) is 0. The van der Waals surface area contributed by atoms with Crippen molar-refractivity contribution in [2.45, 2.75) is 25.0 Å². The summed E-state index contributed by atoms with van der Waals surface area (Å²) in [6.07, 6.45) is 1.25. The molecule has 1 aliphatic heterocycles. The summed E-state index contributed by atoms with van der Waals surface area (Å²) in [7, 11) is 1.68. The van der Waals surface area contributed by atoms with Gasteiger partial charge < -0.3 is 14.8 Å². The van der Waals surface area contributed by atoms with Crippen LogP contribution in [0.5, 0.6) is 5.75 Å². The van der Waals surface area contributed by atoms with Gasteiger partial charge in [-0.15, -0.1) is 0 Å². The van der Waals surface area contributed by atoms with Crippen molar-refractivity contribution in [3.05, 3.63) is 64.7 Å². The van der Waals surface area contributed by atoms with E-state index in [-0.39, 0.29) is 6.10 Å². The van der Waals surface area contributed by atoms with Gasteiger partial charge in [-0.3, -0.25) is 0 Å². The van der Waals surface area contributed by atoms with E-state index >= 15 is 0 Å². The van der Waals surface area contributed by atoms with Crippen LogP contribution in [0.25, 0.3) is 0 Å². The molecule has 0 spiro atoms. The Morgan fingerprint density at radius 3 is 2.52 bits per heavy atom. The van der Waals surface area contributed by atoms with Crippen molar-refractivity contribution < 1.29 is 9.47 Å². The molecule has 1 unspecified atom stereocenters. The van der Waals surface area contributed by atoms with Crippen molar-refractivity contribution in [3.63, 3.8) is 0 Å². The number of hydrogen-bond donors (Lipinski definition) is 1. The smallest absolute Gasteiger partial charge is 0.118 e. The van der Waals surface area contributed by atoms with Gasteiger partial charge in [-0.2, -0.15) is 0 Å². The van der Waals surface area contributed by atoms with Crippen LogP contribution in [-0.4, -0.2) is 26.3 Å². The zero-order chi connectivity index (χ0) is 16.1. The van der Waals surface area contributed by atoms with Gasteiger partial charge in [-0.05, 0) is 48.4 Å². The van der Waals surface area contributed by atoms with E-state index in [1.165, 1.54) is 5.56 Å². The minimum absolute atomic E-state index is 0.173. The van der Waals surface area contributed by atoms with Crippen molar-refractivity contribution in [3.8, 4) is 5.75 Å². The highest BCUT2D eigenvalue weighted by molar-refractivity contribution is 6.30. The number of hydrogen-bond acceptors (Lipinski definition) is 3. The van der Waals surface area contributed by atoms with E-state index in [0.29, 0.717) is 12.5 Å². The van der Waals surface area contributed by atoms with E-state index in [1.807, 2.05) is 36.4 Å². The topological polar surface area (TPSA) is 30.5 Å². The Hall–Kier alpha value is -1.55. The van der Waals surface area contributed by atoms with Crippen LogP contribution >= 0.6 is 11.6 Å². The molecule has 4 heteroatoms. The third kappa shape index (κ3) is 4.25. The summed E-state index contributed by atoms with van der Waals surface area (Å²) < 4.78 is 11.4. The predicted molar refractivity (Wildman–Crippen MR) is 93.3 cm³/mol. The third-order valence-corrected chi connectivity index (χ3v) is 4.60. The van der Waals surface area contributed by atoms with Gasteiger partial charge in [-0.1, -0.05) is 35.9 Å². The van der Waals surface area contributed by atoms with Crippen molar-refractivity contribution in [1.82, 2.24) is 5.32 Å². The summed E-state index contributed by atoms with van der Waals surface area (Å²) in [5.74, 6) is 1.28. The number of halogens is 1. The average molecular weight is 332 g/mol. The van der Waals surface area contributed by atoms with E-state index < -0.39 is 0 Å². The lowest BCUT2D eigenvalue weighted by atomic mass is 9.88. The van der Waals surface area contributed by atoms with Crippen LogP contribution in [0.4, 0.5) is 0 Å². The first-order valence-corrected chi connectivity index (χ1v) is 8.35. The van der Waals surface area contributed by atoms with Crippen molar-refractivity contribution >= 4 is 11.6 Å². The second-order valence-corrected chi connectivity index (χ2v) is 6.28. The Morgan fingerprint density at radius 1 is 1.09 bits per heavy atom. The first kappa shape index (κ1) is 16.3. The number of methoxy groups -OCH3 is 1. The van der Waals surface area contributed by atoms with Gasteiger partial charge in [0, 0.05) is 17.5 Å². The largest absolute Gasteiger partial charge is 0.497 e. The van der Waals surface area contributed by atoms with E-state index in [2.05, 4.69) is 17.4 Å². The molecule has 0 radical (unpaired) electrons. The molecule has 0 amide bonds. The number of piperidine rings is 1. The number of rotatable bonds is 5. The minimum atomic E-state index is 0.173. The molecule has 3 nitrogen and oxygen atoms in total. The molecule has 2 aromatic carbocycles. The zero-order valence-corrected chi connectivity index (χ0v) is 14.1. The Labute approximate surface area is 142 Å². The SMILES string of the molecule is COc1ccc(CO[C@H]2CNCCC2c2ccc(Cl)cc2)cc1. The van der Waals surface area contributed by atoms with Gasteiger partial charge in [0.05, 0.1) is 19.8 Å². The maximum absolute atomic E-state index is 6.20. The lowest BCUT2D eigenvalue weighted by molar-refractivity contribution is 0.0106. The van der Waals surface area contributed by atoms with E-state index in [9.17, 15) is 0 Å². The fourth-order valence-corrected chi connectivity index (χ4v) is 3.15. The van der Waals surface area contributed by atoms with Crippen LogP contribution in [-0.2, 0) is 11.3 Å². The molecular weight excluding hydrogens is 310 g/mol. The van der Waals surface area contributed by atoms with Crippen molar-refractivity contribution in [2.24, 2.45) is 0 Å². The number of nitrogens with one attached hydrogen (secondary N) is 1. The Morgan fingerprint density at radius 2 is 1.83 bits per heavy atom. The monoisotopic (exact) mass is 331 g/mol. The molecule has 1 saturated heterocycles. The molecule has 1 N–H and O–H groups in total. The molecule has 1 fully saturated rings. The van der Waals surface area contributed by atoms with E-state index in [4.69, 9.17) is 21.1 Å². The Balaban J connectivity index is 1.65. The zero-order valence-electron chi connectivity index (χ0n) is 13.3. The number of benzene rings is 2. The summed E-state index contributed by atoms with van der Waals surface area (Å²) in [6.45, 7) is 2.51. The van der Waals surface area contributed by atoms with Gasteiger partial charge >= 0.3 is 0 Å². The second kappa shape index (κ2) is 7.82. The highest BCUT2D eigenvalue weighted by Gasteiger charge is 2.27. The molecule has 23 heavy (non-hydrogen) atoms. The molecule has 0 aliphatic carbocycles. The molecule has 0 saturated carbocycles. The van der Waals surface area contributed by atoms with E-state index in [1.54, 1.807) is 7.11 Å². The normalized spacial score (nSPS) is 21.1. The van der Waals surface area contributed by atoms with Gasteiger partial charge in [0.25, 0.3) is 0 Å². The van der Waals surface area contributed by atoms with Crippen LogP contribution in [0.2, 0.25) is 5.02 Å². The summed E-state index contributed by atoms with van der Waals surface area (Å²) in [5, 5.41) is 4.21. The fraction of sp³-hybridized carbons (Fsp3) is 0.368. The van der Waals surface area contributed by atoms with Crippen LogP contribution < -0.4 is 10.1 Å². The molecule has 1 aliphatic rings. The van der Waals surface area contributed by atoms with Crippen LogP contribution in [0.15, 0.2) is 48.5 Å². The van der Waals surface area contributed by atoms with E-state index in [0.717, 1.165) is 35.8 Å². The van der Waals surface area contributed by atoms with Crippen LogP contribution in [0.3, 0.4) is 0 Å². The molecule has 2 atom stereocenters. The summed E-state index contributed by atoms with van der Waals surface area (Å²) in [5.41, 5.74) is 2.46. The minimum Gasteiger partial charge on any atom is -0.497 e. The lowest BCUT2D eigenvalue weighted by Gasteiger charge is -2.32. The predicted octanol–water partition coefficient (Wildman–Crippen LogP) is 4.01. The van der Waals surface area contributed by atoms with Crippen molar-refractivity contribution in [1.29, 1.82) is 0 Å². The van der Waals surface area contributed by atoms with Gasteiger partial charge in [-0.25, -0.2) is 0 Å². The molecular formula is C19H22ClNO2. The Kier molecular flexibility index (Phi) is 5.55. The quantitative estimate of drug-likeness (QED) is 0.898. The molecule has 122 valence electrons. The first-order chi connectivity index (χ1) is 11.3. The maximum Gasteiger partial charge on any atom is 0.118 e. The molecule has 0 aromatic heterocycles. The highest BCUT2D eigenvalue weighted by Crippen LogP contribution is 2.29. The average Bonchev–Trinajstić information content (AvgIpc) is 2.61. The summed E-state index contributed by atoms with van der Waals surface area (Å²) >= 11 is 6.00. The summed E-state index contributed by atoms with van der Waals surface area (Å²) in [6, 6.07) is 16.2. The Bertz CT molecular complexity index is 612. The van der Waals surface area contributed by atoms with Crippen LogP contribution in [0, 0.1) is 0 Å². The lowest BCUT2D eigenvalue weighted by Crippen LogP contribution is -2.40.